The van der Waals surface area contributed by atoms with Crippen LogP contribution in [0.3, 0.4) is 0 Å². The van der Waals surface area contributed by atoms with Crippen molar-refractivity contribution in [3.8, 4) is 0 Å². The van der Waals surface area contributed by atoms with E-state index in [0.717, 1.165) is 5.69 Å². The first kappa shape index (κ1) is 12.6. The molecule has 2 aromatic heterocycles. The number of hydrogen-bond acceptors (Lipinski definition) is 3. The van der Waals surface area contributed by atoms with Crippen LogP contribution in [0, 0.1) is 13.8 Å². The fourth-order valence-electron chi connectivity index (χ4n) is 1.90. The van der Waals surface area contributed by atoms with Crippen molar-refractivity contribution in [3.63, 3.8) is 0 Å². The second-order valence-corrected chi connectivity index (χ2v) is 5.81. The summed E-state index contributed by atoms with van der Waals surface area (Å²) in [4.78, 5) is 2.62. The third-order valence-corrected chi connectivity index (χ3v) is 4.48. The van der Waals surface area contributed by atoms with E-state index in [9.17, 15) is 0 Å². The number of thiophene rings is 1. The molecule has 92 valence electrons. The molecule has 0 radical (unpaired) electrons. The fraction of sp³-hybridized carbons (Fsp3) is 0.417. The van der Waals surface area contributed by atoms with Gasteiger partial charge in [0.25, 0.3) is 0 Å². The van der Waals surface area contributed by atoms with Crippen LogP contribution in [-0.4, -0.2) is 16.8 Å². The molecule has 1 N–H and O–H groups in total. The lowest BCUT2D eigenvalue weighted by molar-refractivity contribution is 0.613. The van der Waals surface area contributed by atoms with Gasteiger partial charge in [0.1, 0.15) is 0 Å². The van der Waals surface area contributed by atoms with E-state index in [4.69, 9.17) is 11.6 Å². The van der Waals surface area contributed by atoms with Gasteiger partial charge in [-0.1, -0.05) is 11.6 Å². The summed E-state index contributed by atoms with van der Waals surface area (Å²) in [5, 5.41) is 8.20. The monoisotopic (exact) mass is 269 g/mol. The van der Waals surface area contributed by atoms with E-state index in [1.165, 1.54) is 15.3 Å². The van der Waals surface area contributed by atoms with Crippen LogP contribution in [0.1, 0.15) is 27.1 Å². The van der Waals surface area contributed by atoms with Gasteiger partial charge < -0.3 is 5.32 Å². The van der Waals surface area contributed by atoms with Crippen molar-refractivity contribution >= 4 is 22.9 Å². The van der Waals surface area contributed by atoms with E-state index < -0.39 is 0 Å². The largest absolute Gasteiger partial charge is 0.307 e. The van der Waals surface area contributed by atoms with Crippen LogP contribution in [0.25, 0.3) is 0 Å². The van der Waals surface area contributed by atoms with Crippen molar-refractivity contribution in [2.24, 2.45) is 7.05 Å². The summed E-state index contributed by atoms with van der Waals surface area (Å²) in [6.07, 6.45) is 1.69. The van der Waals surface area contributed by atoms with E-state index in [1.807, 2.05) is 18.8 Å². The molecular formula is C12H16ClN3S. The highest BCUT2D eigenvalue weighted by Crippen LogP contribution is 2.33. The third kappa shape index (κ3) is 2.25. The first-order valence-corrected chi connectivity index (χ1v) is 6.65. The molecule has 0 aliphatic rings. The molecule has 0 saturated carbocycles. The minimum atomic E-state index is 0.104. The Balaban J connectivity index is 2.47. The van der Waals surface area contributed by atoms with Crippen LogP contribution in [0.5, 0.6) is 0 Å². The van der Waals surface area contributed by atoms with Gasteiger partial charge in [-0.05, 0) is 32.5 Å². The summed E-state index contributed by atoms with van der Waals surface area (Å²) >= 11 is 8.00. The van der Waals surface area contributed by atoms with Crippen LogP contribution >= 0.6 is 22.9 Å². The smallest absolute Gasteiger partial charge is 0.0854 e. The van der Waals surface area contributed by atoms with Crippen molar-refractivity contribution in [1.82, 2.24) is 15.1 Å². The van der Waals surface area contributed by atoms with Crippen molar-refractivity contribution in [1.29, 1.82) is 0 Å². The lowest BCUT2D eigenvalue weighted by Crippen LogP contribution is -2.20. The van der Waals surface area contributed by atoms with E-state index in [2.05, 4.69) is 30.3 Å². The lowest BCUT2D eigenvalue weighted by Gasteiger charge is -2.15. The maximum absolute atomic E-state index is 6.20. The SMILES string of the molecule is CNC(c1cc(C)c(C)s1)c1c(Cl)cnn1C. The van der Waals surface area contributed by atoms with Crippen LogP contribution in [0.4, 0.5) is 0 Å². The molecule has 0 fully saturated rings. The Bertz CT molecular complexity index is 491. The molecule has 0 bridgehead atoms. The van der Waals surface area contributed by atoms with E-state index in [-0.39, 0.29) is 6.04 Å². The maximum Gasteiger partial charge on any atom is 0.0854 e. The zero-order valence-electron chi connectivity index (χ0n) is 10.4. The van der Waals surface area contributed by atoms with Crippen LogP contribution in [0.2, 0.25) is 5.02 Å². The number of nitrogens with one attached hydrogen (secondary N) is 1. The maximum atomic E-state index is 6.20. The molecule has 0 aliphatic heterocycles. The molecule has 1 unspecified atom stereocenters. The summed E-state index contributed by atoms with van der Waals surface area (Å²) in [6.45, 7) is 4.27. The first-order chi connectivity index (χ1) is 8.04. The number of rotatable bonds is 3. The minimum Gasteiger partial charge on any atom is -0.307 e. The molecule has 1 atom stereocenters. The molecule has 0 aliphatic carbocycles. The predicted molar refractivity (Wildman–Crippen MR) is 72.9 cm³/mol. The van der Waals surface area contributed by atoms with Gasteiger partial charge in [-0.3, -0.25) is 4.68 Å². The molecule has 2 heterocycles. The molecule has 5 heteroatoms. The Labute approximate surface area is 110 Å². The van der Waals surface area contributed by atoms with Crippen molar-refractivity contribution < 1.29 is 0 Å². The van der Waals surface area contributed by atoms with Crippen LogP contribution in [-0.2, 0) is 7.05 Å². The highest BCUT2D eigenvalue weighted by molar-refractivity contribution is 7.12. The molecule has 0 amide bonds. The highest BCUT2D eigenvalue weighted by atomic mass is 35.5. The zero-order chi connectivity index (χ0) is 12.6. The van der Waals surface area contributed by atoms with Crippen molar-refractivity contribution in [3.05, 3.63) is 38.3 Å². The van der Waals surface area contributed by atoms with Crippen LogP contribution in [0.15, 0.2) is 12.3 Å². The summed E-state index contributed by atoms with van der Waals surface area (Å²) in [5.74, 6) is 0. The van der Waals surface area contributed by atoms with E-state index in [1.54, 1.807) is 17.5 Å². The lowest BCUT2D eigenvalue weighted by atomic mass is 10.1. The van der Waals surface area contributed by atoms with Gasteiger partial charge >= 0.3 is 0 Å². The van der Waals surface area contributed by atoms with Crippen molar-refractivity contribution in [2.75, 3.05) is 7.05 Å². The predicted octanol–water partition coefficient (Wildman–Crippen LogP) is 3.06. The normalized spacial score (nSPS) is 13.0. The zero-order valence-corrected chi connectivity index (χ0v) is 12.0. The van der Waals surface area contributed by atoms with Gasteiger partial charge in [0.2, 0.25) is 0 Å². The second-order valence-electron chi connectivity index (χ2n) is 4.11. The molecular weight excluding hydrogens is 254 g/mol. The molecule has 2 aromatic rings. The van der Waals surface area contributed by atoms with Crippen LogP contribution < -0.4 is 5.32 Å². The fourth-order valence-corrected chi connectivity index (χ4v) is 3.33. The van der Waals surface area contributed by atoms with Gasteiger partial charge in [0, 0.05) is 16.8 Å². The Morgan fingerprint density at radius 1 is 1.47 bits per heavy atom. The molecule has 3 nitrogen and oxygen atoms in total. The van der Waals surface area contributed by atoms with Gasteiger partial charge in [-0.15, -0.1) is 11.3 Å². The van der Waals surface area contributed by atoms with E-state index >= 15 is 0 Å². The number of halogens is 1. The average molecular weight is 270 g/mol. The highest BCUT2D eigenvalue weighted by Gasteiger charge is 2.21. The van der Waals surface area contributed by atoms with Gasteiger partial charge in [0.05, 0.1) is 23.0 Å². The summed E-state index contributed by atoms with van der Waals surface area (Å²) in [5.41, 5.74) is 2.33. The summed E-state index contributed by atoms with van der Waals surface area (Å²) in [6, 6.07) is 2.32. The number of hydrogen-bond donors (Lipinski definition) is 1. The van der Waals surface area contributed by atoms with Gasteiger partial charge in [-0.25, -0.2) is 0 Å². The standard InChI is InChI=1S/C12H16ClN3S/c1-7-5-10(17-8(7)2)11(14-3)12-9(13)6-15-16(12)4/h5-6,11,14H,1-4H3. The average Bonchev–Trinajstić information content (AvgIpc) is 2.77. The Morgan fingerprint density at radius 2 is 2.18 bits per heavy atom. The summed E-state index contributed by atoms with van der Waals surface area (Å²) in [7, 11) is 3.86. The molecule has 0 aromatic carbocycles. The first-order valence-electron chi connectivity index (χ1n) is 5.46. The van der Waals surface area contributed by atoms with Gasteiger partial charge in [-0.2, -0.15) is 5.10 Å². The van der Waals surface area contributed by atoms with Gasteiger partial charge in [0.15, 0.2) is 0 Å². The molecule has 2 rings (SSSR count). The second kappa shape index (κ2) is 4.80. The topological polar surface area (TPSA) is 29.9 Å². The summed E-state index contributed by atoms with van der Waals surface area (Å²) < 4.78 is 1.83. The molecule has 0 spiro atoms. The molecule has 0 saturated heterocycles. The number of aromatic nitrogens is 2. The quantitative estimate of drug-likeness (QED) is 0.928. The minimum absolute atomic E-state index is 0.104. The number of aryl methyl sites for hydroxylation is 3. The Kier molecular flexibility index (Phi) is 3.56. The van der Waals surface area contributed by atoms with E-state index in [0.29, 0.717) is 5.02 Å². The van der Waals surface area contributed by atoms with Crippen molar-refractivity contribution in [2.45, 2.75) is 19.9 Å². The molecule has 17 heavy (non-hydrogen) atoms. The Hall–Kier alpha value is -0.840. The Morgan fingerprint density at radius 3 is 2.59 bits per heavy atom. The third-order valence-electron chi connectivity index (χ3n) is 2.97. The number of nitrogens with zero attached hydrogens (tertiary/aromatic N) is 2.